The molecule has 2 rings (SSSR count). The standard InChI is InChI=1S/C15H10F2N2O2/c16-13-3-1-2-12(14(13)17)15(20)19-10-4-6-11(7-5-10)21-9-8-18/h1-7H,9H2,(H,19,20). The molecule has 0 saturated carbocycles. The van der Waals surface area contributed by atoms with E-state index in [1.807, 2.05) is 6.07 Å². The lowest BCUT2D eigenvalue weighted by atomic mass is 10.2. The normalized spacial score (nSPS) is 9.76. The molecule has 1 amide bonds. The minimum atomic E-state index is -1.19. The van der Waals surface area contributed by atoms with Crippen LogP contribution in [0.15, 0.2) is 42.5 Å². The number of hydrogen-bond donors (Lipinski definition) is 1. The number of nitrogens with zero attached hydrogens (tertiary/aromatic N) is 1. The summed E-state index contributed by atoms with van der Waals surface area (Å²) in [4.78, 5) is 11.9. The Kier molecular flexibility index (Phi) is 4.46. The highest BCUT2D eigenvalue weighted by Gasteiger charge is 2.15. The summed E-state index contributed by atoms with van der Waals surface area (Å²) in [6, 6.07) is 11.4. The van der Waals surface area contributed by atoms with Gasteiger partial charge in [0.2, 0.25) is 0 Å². The molecule has 0 aliphatic heterocycles. The first kappa shape index (κ1) is 14.5. The monoisotopic (exact) mass is 288 g/mol. The second-order valence-corrected chi connectivity index (χ2v) is 4.03. The molecule has 0 bridgehead atoms. The molecule has 106 valence electrons. The van der Waals surface area contributed by atoms with Gasteiger partial charge in [0.1, 0.15) is 11.8 Å². The van der Waals surface area contributed by atoms with E-state index in [9.17, 15) is 13.6 Å². The third kappa shape index (κ3) is 3.54. The Morgan fingerprint density at radius 2 is 1.90 bits per heavy atom. The highest BCUT2D eigenvalue weighted by molar-refractivity contribution is 6.04. The van der Waals surface area contributed by atoms with Crippen LogP contribution in [-0.4, -0.2) is 12.5 Å². The van der Waals surface area contributed by atoms with Crippen molar-refractivity contribution < 1.29 is 18.3 Å². The van der Waals surface area contributed by atoms with Crippen molar-refractivity contribution in [1.29, 1.82) is 5.26 Å². The molecule has 0 aliphatic rings. The molecule has 21 heavy (non-hydrogen) atoms. The predicted octanol–water partition coefficient (Wildman–Crippen LogP) is 3.12. The average molecular weight is 288 g/mol. The van der Waals surface area contributed by atoms with Crippen molar-refractivity contribution in [3.05, 3.63) is 59.7 Å². The van der Waals surface area contributed by atoms with Crippen LogP contribution in [0.2, 0.25) is 0 Å². The maximum absolute atomic E-state index is 13.5. The first-order valence-electron chi connectivity index (χ1n) is 5.97. The molecule has 0 radical (unpaired) electrons. The zero-order chi connectivity index (χ0) is 15.2. The van der Waals surface area contributed by atoms with Gasteiger partial charge in [-0.15, -0.1) is 0 Å². The number of ether oxygens (including phenoxy) is 1. The molecule has 2 aromatic carbocycles. The molecule has 4 nitrogen and oxygen atoms in total. The number of carbonyl (C=O) groups is 1. The molecule has 1 N–H and O–H groups in total. The van der Waals surface area contributed by atoms with E-state index in [4.69, 9.17) is 10.00 Å². The van der Waals surface area contributed by atoms with Crippen molar-refractivity contribution in [3.63, 3.8) is 0 Å². The van der Waals surface area contributed by atoms with Gasteiger partial charge in [-0.05, 0) is 36.4 Å². The number of nitrogens with one attached hydrogen (secondary N) is 1. The minimum Gasteiger partial charge on any atom is -0.479 e. The van der Waals surface area contributed by atoms with Gasteiger partial charge in [-0.25, -0.2) is 8.78 Å². The lowest BCUT2D eigenvalue weighted by Crippen LogP contribution is -2.14. The number of rotatable bonds is 4. The first-order chi connectivity index (χ1) is 10.1. The van der Waals surface area contributed by atoms with Crippen LogP contribution in [0.4, 0.5) is 14.5 Å². The zero-order valence-corrected chi connectivity index (χ0v) is 10.8. The summed E-state index contributed by atoms with van der Waals surface area (Å²) in [5, 5.41) is 10.8. The highest BCUT2D eigenvalue weighted by atomic mass is 19.2. The van der Waals surface area contributed by atoms with Gasteiger partial charge in [0.15, 0.2) is 18.2 Å². The number of amides is 1. The first-order valence-corrected chi connectivity index (χ1v) is 5.97. The van der Waals surface area contributed by atoms with Gasteiger partial charge in [0.05, 0.1) is 5.56 Å². The van der Waals surface area contributed by atoms with E-state index in [1.165, 1.54) is 24.3 Å². The van der Waals surface area contributed by atoms with Crippen LogP contribution in [-0.2, 0) is 0 Å². The van der Waals surface area contributed by atoms with Crippen molar-refractivity contribution in [3.8, 4) is 11.8 Å². The third-order valence-electron chi connectivity index (χ3n) is 2.61. The molecule has 0 spiro atoms. The van der Waals surface area contributed by atoms with Crippen LogP contribution < -0.4 is 10.1 Å². The fourth-order valence-electron chi connectivity index (χ4n) is 1.63. The molecule has 6 heteroatoms. The fraction of sp³-hybridized carbons (Fsp3) is 0.0667. The van der Waals surface area contributed by atoms with Crippen molar-refractivity contribution in [2.45, 2.75) is 0 Å². The van der Waals surface area contributed by atoms with E-state index in [-0.39, 0.29) is 12.2 Å². The van der Waals surface area contributed by atoms with Crippen LogP contribution in [0.1, 0.15) is 10.4 Å². The van der Waals surface area contributed by atoms with Crippen molar-refractivity contribution >= 4 is 11.6 Å². The molecule has 0 atom stereocenters. The fourth-order valence-corrected chi connectivity index (χ4v) is 1.63. The van der Waals surface area contributed by atoms with Crippen LogP contribution in [0.5, 0.6) is 5.75 Å². The molecule has 0 aliphatic carbocycles. The number of nitriles is 1. The topological polar surface area (TPSA) is 62.1 Å². The Bertz CT molecular complexity index is 694. The van der Waals surface area contributed by atoms with Gasteiger partial charge < -0.3 is 10.1 Å². The summed E-state index contributed by atoms with van der Waals surface area (Å²) in [6.45, 7) is -0.0831. The summed E-state index contributed by atoms with van der Waals surface area (Å²) >= 11 is 0. The largest absolute Gasteiger partial charge is 0.479 e. The number of halogens is 2. The summed E-state index contributed by atoms with van der Waals surface area (Å²) in [5.74, 6) is -2.56. The Labute approximate surface area is 119 Å². The number of benzene rings is 2. The summed E-state index contributed by atoms with van der Waals surface area (Å²) in [6.07, 6.45) is 0. The van der Waals surface area contributed by atoms with Crippen LogP contribution in [0, 0.1) is 23.0 Å². The Morgan fingerprint density at radius 3 is 2.57 bits per heavy atom. The van der Waals surface area contributed by atoms with E-state index in [2.05, 4.69) is 5.32 Å². The SMILES string of the molecule is N#CCOc1ccc(NC(=O)c2cccc(F)c2F)cc1. The molecule has 0 fully saturated rings. The van der Waals surface area contributed by atoms with E-state index in [1.54, 1.807) is 12.1 Å². The molecule has 0 saturated heterocycles. The van der Waals surface area contributed by atoms with E-state index in [0.29, 0.717) is 11.4 Å². The Balaban J connectivity index is 2.09. The number of hydrogen-bond acceptors (Lipinski definition) is 3. The quantitative estimate of drug-likeness (QED) is 0.940. The average Bonchev–Trinajstić information content (AvgIpc) is 2.49. The summed E-state index contributed by atoms with van der Waals surface area (Å²) in [7, 11) is 0. The lowest BCUT2D eigenvalue weighted by Gasteiger charge is -2.07. The van der Waals surface area contributed by atoms with Gasteiger partial charge in [-0.2, -0.15) is 5.26 Å². The van der Waals surface area contributed by atoms with E-state index >= 15 is 0 Å². The lowest BCUT2D eigenvalue weighted by molar-refractivity contribution is 0.102. The molecular weight excluding hydrogens is 278 g/mol. The van der Waals surface area contributed by atoms with E-state index in [0.717, 1.165) is 6.07 Å². The Hall–Kier alpha value is -2.94. The minimum absolute atomic E-state index is 0.0831. The number of carbonyl (C=O) groups excluding carboxylic acids is 1. The molecule has 0 unspecified atom stereocenters. The predicted molar refractivity (Wildman–Crippen MR) is 71.9 cm³/mol. The number of anilines is 1. The maximum atomic E-state index is 13.5. The summed E-state index contributed by atoms with van der Waals surface area (Å²) < 4.78 is 31.6. The van der Waals surface area contributed by atoms with Crippen molar-refractivity contribution in [1.82, 2.24) is 0 Å². The molecular formula is C15H10F2N2O2. The van der Waals surface area contributed by atoms with E-state index < -0.39 is 17.5 Å². The van der Waals surface area contributed by atoms with Gasteiger partial charge in [0.25, 0.3) is 5.91 Å². The van der Waals surface area contributed by atoms with Crippen LogP contribution in [0.25, 0.3) is 0 Å². The van der Waals surface area contributed by atoms with Gasteiger partial charge >= 0.3 is 0 Å². The van der Waals surface area contributed by atoms with Crippen LogP contribution >= 0.6 is 0 Å². The van der Waals surface area contributed by atoms with Gasteiger partial charge in [0, 0.05) is 5.69 Å². The third-order valence-corrected chi connectivity index (χ3v) is 2.61. The second kappa shape index (κ2) is 6.48. The maximum Gasteiger partial charge on any atom is 0.258 e. The summed E-state index contributed by atoms with van der Waals surface area (Å²) in [5.41, 5.74) is 0.0211. The van der Waals surface area contributed by atoms with Crippen molar-refractivity contribution in [2.24, 2.45) is 0 Å². The highest BCUT2D eigenvalue weighted by Crippen LogP contribution is 2.18. The smallest absolute Gasteiger partial charge is 0.258 e. The Morgan fingerprint density at radius 1 is 1.19 bits per heavy atom. The van der Waals surface area contributed by atoms with Crippen LogP contribution in [0.3, 0.4) is 0 Å². The molecule has 0 heterocycles. The molecule has 0 aromatic heterocycles. The molecule has 2 aromatic rings. The zero-order valence-electron chi connectivity index (χ0n) is 10.8. The second-order valence-electron chi connectivity index (χ2n) is 4.03. The van der Waals surface area contributed by atoms with Crippen molar-refractivity contribution in [2.75, 3.05) is 11.9 Å². The van der Waals surface area contributed by atoms with Gasteiger partial charge in [-0.1, -0.05) is 6.07 Å². The van der Waals surface area contributed by atoms with Gasteiger partial charge in [-0.3, -0.25) is 4.79 Å².